The van der Waals surface area contributed by atoms with Gasteiger partial charge in [0.15, 0.2) is 0 Å². The number of ether oxygens (including phenoxy) is 1. The zero-order valence-corrected chi connectivity index (χ0v) is 12.7. The molecule has 20 heavy (non-hydrogen) atoms. The lowest BCUT2D eigenvalue weighted by Crippen LogP contribution is -2.65. The van der Waals surface area contributed by atoms with Crippen LogP contribution in [0, 0.1) is 11.8 Å². The number of hydrogen-bond acceptors (Lipinski definition) is 3. The van der Waals surface area contributed by atoms with Gasteiger partial charge in [-0.15, -0.1) is 0 Å². The molecule has 2 amide bonds. The zero-order valence-electron chi connectivity index (χ0n) is 12.7. The second kappa shape index (κ2) is 6.57. The molecule has 0 bridgehead atoms. The maximum absolute atomic E-state index is 12.6. The van der Waals surface area contributed by atoms with Gasteiger partial charge in [0, 0.05) is 19.1 Å². The minimum absolute atomic E-state index is 0.00437. The minimum atomic E-state index is -0.356. The molecular formula is C15H26N2O3. The van der Waals surface area contributed by atoms with Crippen LogP contribution in [0.5, 0.6) is 0 Å². The molecule has 2 saturated heterocycles. The third-order valence-corrected chi connectivity index (χ3v) is 4.57. The molecule has 0 aliphatic carbocycles. The molecule has 2 aliphatic heterocycles. The first-order valence-electron chi connectivity index (χ1n) is 7.77. The van der Waals surface area contributed by atoms with E-state index in [1.807, 2.05) is 18.7 Å². The summed E-state index contributed by atoms with van der Waals surface area (Å²) in [5, 5.41) is 2.87. The highest BCUT2D eigenvalue weighted by molar-refractivity contribution is 5.97. The predicted octanol–water partition coefficient (Wildman–Crippen LogP) is 1.17. The highest BCUT2D eigenvalue weighted by atomic mass is 16.5. The fourth-order valence-corrected chi connectivity index (χ4v) is 3.07. The van der Waals surface area contributed by atoms with Crippen LogP contribution in [0.2, 0.25) is 0 Å². The molecule has 114 valence electrons. The molecule has 5 heteroatoms. The Labute approximate surface area is 121 Å². The molecular weight excluding hydrogens is 256 g/mol. The van der Waals surface area contributed by atoms with Gasteiger partial charge in [-0.25, -0.2) is 0 Å². The fraction of sp³-hybridized carbons (Fsp3) is 0.867. The van der Waals surface area contributed by atoms with Crippen molar-refractivity contribution in [2.45, 2.75) is 52.1 Å². The van der Waals surface area contributed by atoms with E-state index in [2.05, 4.69) is 12.2 Å². The lowest BCUT2D eigenvalue weighted by molar-refractivity contribution is -0.152. The van der Waals surface area contributed by atoms with Gasteiger partial charge in [-0.1, -0.05) is 27.2 Å². The molecule has 1 N–H and O–H groups in total. The Balaban J connectivity index is 2.17. The Bertz CT molecular complexity index is 366. The Morgan fingerprint density at radius 3 is 2.70 bits per heavy atom. The lowest BCUT2D eigenvalue weighted by atomic mass is 9.91. The van der Waals surface area contributed by atoms with Crippen LogP contribution in [0.3, 0.4) is 0 Å². The summed E-state index contributed by atoms with van der Waals surface area (Å²) < 4.78 is 5.40. The third-order valence-electron chi connectivity index (χ3n) is 4.57. The zero-order chi connectivity index (χ0) is 14.7. The standard InChI is InChI=1S/C15H26N2O3/c1-4-10(3)13-14(18)16-12(5-2)15(19)17(13)8-11-6-7-20-9-11/h10-13H,4-9H2,1-3H3,(H,16,18). The normalized spacial score (nSPS) is 32.4. The van der Waals surface area contributed by atoms with Gasteiger partial charge in [0.25, 0.3) is 0 Å². The summed E-state index contributed by atoms with van der Waals surface area (Å²) in [5.74, 6) is 0.627. The molecule has 4 atom stereocenters. The van der Waals surface area contributed by atoms with Gasteiger partial charge in [0.05, 0.1) is 6.61 Å². The van der Waals surface area contributed by atoms with E-state index in [0.717, 1.165) is 19.4 Å². The quantitative estimate of drug-likeness (QED) is 0.823. The number of carbonyl (C=O) groups is 2. The monoisotopic (exact) mass is 282 g/mol. The van der Waals surface area contributed by atoms with Crippen LogP contribution >= 0.6 is 0 Å². The smallest absolute Gasteiger partial charge is 0.245 e. The van der Waals surface area contributed by atoms with E-state index in [4.69, 9.17) is 4.74 Å². The predicted molar refractivity (Wildman–Crippen MR) is 76.1 cm³/mol. The largest absolute Gasteiger partial charge is 0.381 e. The van der Waals surface area contributed by atoms with E-state index in [-0.39, 0.29) is 29.8 Å². The molecule has 0 saturated carbocycles. The number of hydrogen-bond donors (Lipinski definition) is 1. The molecule has 2 rings (SSSR count). The highest BCUT2D eigenvalue weighted by Crippen LogP contribution is 2.24. The molecule has 0 spiro atoms. The summed E-state index contributed by atoms with van der Waals surface area (Å²) >= 11 is 0. The van der Waals surface area contributed by atoms with E-state index < -0.39 is 0 Å². The van der Waals surface area contributed by atoms with Crippen molar-refractivity contribution in [2.75, 3.05) is 19.8 Å². The average Bonchev–Trinajstić information content (AvgIpc) is 2.94. The Morgan fingerprint density at radius 2 is 2.15 bits per heavy atom. The van der Waals surface area contributed by atoms with Crippen molar-refractivity contribution in [1.29, 1.82) is 0 Å². The van der Waals surface area contributed by atoms with Crippen molar-refractivity contribution in [2.24, 2.45) is 11.8 Å². The van der Waals surface area contributed by atoms with Crippen molar-refractivity contribution in [1.82, 2.24) is 10.2 Å². The Kier molecular flexibility index (Phi) is 5.02. The number of amides is 2. The molecule has 2 aliphatic rings. The summed E-state index contributed by atoms with van der Waals surface area (Å²) in [6.45, 7) is 8.16. The highest BCUT2D eigenvalue weighted by Gasteiger charge is 2.42. The van der Waals surface area contributed by atoms with Crippen molar-refractivity contribution < 1.29 is 14.3 Å². The van der Waals surface area contributed by atoms with Gasteiger partial charge in [-0.05, 0) is 18.8 Å². The van der Waals surface area contributed by atoms with E-state index in [9.17, 15) is 9.59 Å². The number of piperazine rings is 1. The van der Waals surface area contributed by atoms with Crippen molar-refractivity contribution in [3.63, 3.8) is 0 Å². The molecule has 0 radical (unpaired) electrons. The van der Waals surface area contributed by atoms with E-state index in [1.165, 1.54) is 0 Å². The molecule has 0 aromatic rings. The van der Waals surface area contributed by atoms with E-state index >= 15 is 0 Å². The number of rotatable bonds is 5. The summed E-state index contributed by atoms with van der Waals surface area (Å²) in [7, 11) is 0. The van der Waals surface area contributed by atoms with Crippen molar-refractivity contribution in [3.05, 3.63) is 0 Å². The minimum Gasteiger partial charge on any atom is -0.381 e. The van der Waals surface area contributed by atoms with Gasteiger partial charge >= 0.3 is 0 Å². The third kappa shape index (κ3) is 2.97. The van der Waals surface area contributed by atoms with Crippen LogP contribution < -0.4 is 5.32 Å². The second-order valence-corrected chi connectivity index (χ2v) is 6.02. The van der Waals surface area contributed by atoms with Crippen LogP contribution in [-0.4, -0.2) is 48.6 Å². The molecule has 0 aromatic heterocycles. The first kappa shape index (κ1) is 15.3. The molecule has 5 nitrogen and oxygen atoms in total. The summed E-state index contributed by atoms with van der Waals surface area (Å²) in [5.41, 5.74) is 0. The van der Waals surface area contributed by atoms with Gasteiger partial charge in [-0.3, -0.25) is 9.59 Å². The van der Waals surface area contributed by atoms with Crippen LogP contribution in [0.1, 0.15) is 40.0 Å². The first-order valence-corrected chi connectivity index (χ1v) is 7.77. The van der Waals surface area contributed by atoms with Gasteiger partial charge in [0.1, 0.15) is 12.1 Å². The van der Waals surface area contributed by atoms with Crippen molar-refractivity contribution in [3.8, 4) is 0 Å². The maximum atomic E-state index is 12.6. The second-order valence-electron chi connectivity index (χ2n) is 6.02. The average molecular weight is 282 g/mol. The van der Waals surface area contributed by atoms with Crippen LogP contribution in [0.4, 0.5) is 0 Å². The van der Waals surface area contributed by atoms with E-state index in [1.54, 1.807) is 0 Å². The van der Waals surface area contributed by atoms with Gasteiger partial charge in [0.2, 0.25) is 11.8 Å². The Morgan fingerprint density at radius 1 is 1.40 bits per heavy atom. The summed E-state index contributed by atoms with van der Waals surface area (Å²) in [6.07, 6.45) is 2.52. The number of nitrogens with one attached hydrogen (secondary N) is 1. The molecule has 4 unspecified atom stereocenters. The molecule has 2 fully saturated rings. The summed E-state index contributed by atoms with van der Waals surface area (Å²) in [4.78, 5) is 26.8. The number of nitrogens with zero attached hydrogens (tertiary/aromatic N) is 1. The van der Waals surface area contributed by atoms with Crippen LogP contribution in [0.15, 0.2) is 0 Å². The lowest BCUT2D eigenvalue weighted by Gasteiger charge is -2.42. The van der Waals surface area contributed by atoms with Gasteiger partial charge < -0.3 is 15.0 Å². The van der Waals surface area contributed by atoms with E-state index in [0.29, 0.717) is 25.5 Å². The first-order chi connectivity index (χ1) is 9.58. The van der Waals surface area contributed by atoms with Crippen LogP contribution in [0.25, 0.3) is 0 Å². The summed E-state index contributed by atoms with van der Waals surface area (Å²) in [6, 6.07) is -0.680. The number of carbonyl (C=O) groups excluding carboxylic acids is 2. The fourth-order valence-electron chi connectivity index (χ4n) is 3.07. The van der Waals surface area contributed by atoms with Crippen LogP contribution in [-0.2, 0) is 14.3 Å². The van der Waals surface area contributed by atoms with Crippen molar-refractivity contribution >= 4 is 11.8 Å². The topological polar surface area (TPSA) is 58.6 Å². The van der Waals surface area contributed by atoms with Gasteiger partial charge in [-0.2, -0.15) is 0 Å². The maximum Gasteiger partial charge on any atom is 0.245 e. The molecule has 0 aromatic carbocycles. The Hall–Kier alpha value is -1.10. The molecule has 2 heterocycles. The SMILES string of the molecule is CCC1NC(=O)C(C(C)CC)N(CC2CCOC2)C1=O.